The van der Waals surface area contributed by atoms with Gasteiger partial charge in [0.2, 0.25) is 0 Å². The zero-order chi connectivity index (χ0) is 23.5. The van der Waals surface area contributed by atoms with Crippen LogP contribution in [0.15, 0.2) is 30.6 Å². The summed E-state index contributed by atoms with van der Waals surface area (Å²) in [5.74, 6) is -0.553. The van der Waals surface area contributed by atoms with Gasteiger partial charge in [-0.3, -0.25) is 9.59 Å². The number of halogens is 2. The van der Waals surface area contributed by atoms with Gasteiger partial charge < -0.3 is 10.6 Å². The second-order valence-electron chi connectivity index (χ2n) is 8.30. The van der Waals surface area contributed by atoms with Gasteiger partial charge in [0.25, 0.3) is 5.91 Å². The zero-order valence-corrected chi connectivity index (χ0v) is 19.5. The number of hydrogen-bond donors (Lipinski definition) is 2. The largest absolute Gasteiger partial charge is 0.381 e. The summed E-state index contributed by atoms with van der Waals surface area (Å²) in [6.07, 6.45) is 6.20. The molecule has 0 bridgehead atoms. The van der Waals surface area contributed by atoms with Gasteiger partial charge in [-0.2, -0.15) is 5.10 Å². The van der Waals surface area contributed by atoms with Crippen molar-refractivity contribution in [2.45, 2.75) is 64.6 Å². The number of rotatable bonds is 7. The predicted molar refractivity (Wildman–Crippen MR) is 126 cm³/mol. The highest BCUT2D eigenvalue weighted by Crippen LogP contribution is 2.30. The van der Waals surface area contributed by atoms with Crippen LogP contribution in [0, 0.1) is 5.82 Å². The molecule has 2 heterocycles. The van der Waals surface area contributed by atoms with Crippen LogP contribution in [0.25, 0.3) is 11.0 Å². The Morgan fingerprint density at radius 2 is 2.03 bits per heavy atom. The molecule has 1 aromatic carbocycles. The Labute approximate surface area is 196 Å². The molecular formula is C24H27ClFN5O2. The minimum Gasteiger partial charge on any atom is -0.381 e. The summed E-state index contributed by atoms with van der Waals surface area (Å²) in [5.41, 5.74) is 2.06. The average molecular weight is 472 g/mol. The number of carbonyl (C=O) groups excluding carboxylic acids is 2. The number of nitrogens with zero attached hydrogens (tertiary/aromatic N) is 3. The average Bonchev–Trinajstić information content (AvgIpc) is 3.23. The Balaban J connectivity index is 1.67. The molecule has 1 aliphatic carbocycles. The normalized spacial score (nSPS) is 15.6. The van der Waals surface area contributed by atoms with Crippen molar-refractivity contribution in [3.63, 3.8) is 0 Å². The lowest BCUT2D eigenvalue weighted by Gasteiger charge is -2.25. The van der Waals surface area contributed by atoms with Crippen molar-refractivity contribution in [2.24, 2.45) is 0 Å². The summed E-state index contributed by atoms with van der Waals surface area (Å²) in [7, 11) is 0. The summed E-state index contributed by atoms with van der Waals surface area (Å²) >= 11 is 5.89. The van der Waals surface area contributed by atoms with Crippen LogP contribution in [-0.4, -0.2) is 32.5 Å². The maximum absolute atomic E-state index is 14.5. The van der Waals surface area contributed by atoms with Crippen LogP contribution >= 0.6 is 11.6 Å². The number of Topliss-reactive ketones (excluding diaryl/α,β-unsaturated/α-hetero) is 1. The fourth-order valence-corrected chi connectivity index (χ4v) is 4.45. The van der Waals surface area contributed by atoms with Crippen LogP contribution in [0.3, 0.4) is 0 Å². The van der Waals surface area contributed by atoms with Crippen molar-refractivity contribution in [3.8, 4) is 0 Å². The van der Waals surface area contributed by atoms with E-state index in [1.165, 1.54) is 12.3 Å². The van der Waals surface area contributed by atoms with Crippen molar-refractivity contribution in [2.75, 3.05) is 5.32 Å². The lowest BCUT2D eigenvalue weighted by molar-refractivity contribution is -0.120. The molecule has 3 aromatic rings. The second kappa shape index (κ2) is 9.87. The summed E-state index contributed by atoms with van der Waals surface area (Å²) in [6, 6.07) is 4.00. The molecule has 2 N–H and O–H groups in total. The van der Waals surface area contributed by atoms with Gasteiger partial charge in [-0.15, -0.1) is 0 Å². The molecule has 33 heavy (non-hydrogen) atoms. The van der Waals surface area contributed by atoms with Gasteiger partial charge >= 0.3 is 0 Å². The molecule has 174 valence electrons. The third-order valence-electron chi connectivity index (χ3n) is 6.15. The van der Waals surface area contributed by atoms with Crippen LogP contribution in [0.2, 0.25) is 5.02 Å². The molecular weight excluding hydrogens is 445 g/mol. The Morgan fingerprint density at radius 3 is 2.70 bits per heavy atom. The standard InChI is InChI=1S/C24H27ClFN5O2/c1-3-21(17-10-5-14(25)11-20(17)26)30-24(33)19-12-27-23-18(13-28-31(23)4-2)22(19)29-15-6-8-16(32)9-7-15/h5,10-13,15,21H,3-4,6-9H2,1-2H3,(H,27,29)(H,30,33). The lowest BCUT2D eigenvalue weighted by atomic mass is 9.94. The van der Waals surface area contributed by atoms with Crippen LogP contribution in [-0.2, 0) is 11.3 Å². The highest BCUT2D eigenvalue weighted by Gasteiger charge is 2.25. The van der Waals surface area contributed by atoms with Gasteiger partial charge in [0.15, 0.2) is 5.65 Å². The molecule has 1 amide bonds. The van der Waals surface area contributed by atoms with Crippen molar-refractivity contribution in [3.05, 3.63) is 52.6 Å². The first-order chi connectivity index (χ1) is 15.9. The number of ketones is 1. The van der Waals surface area contributed by atoms with Crippen molar-refractivity contribution >= 4 is 40.0 Å². The van der Waals surface area contributed by atoms with E-state index in [1.54, 1.807) is 23.0 Å². The van der Waals surface area contributed by atoms with Gasteiger partial charge in [0, 0.05) is 42.2 Å². The highest BCUT2D eigenvalue weighted by molar-refractivity contribution is 6.30. The van der Waals surface area contributed by atoms with Crippen LogP contribution in [0.1, 0.15) is 67.9 Å². The summed E-state index contributed by atoms with van der Waals surface area (Å²) in [5, 5.41) is 11.9. The van der Waals surface area contributed by atoms with E-state index < -0.39 is 11.9 Å². The van der Waals surface area contributed by atoms with Crippen LogP contribution < -0.4 is 10.6 Å². The van der Waals surface area contributed by atoms with Crippen LogP contribution in [0.5, 0.6) is 0 Å². The minimum absolute atomic E-state index is 0.0699. The quantitative estimate of drug-likeness (QED) is 0.503. The Bertz CT molecular complexity index is 1190. The van der Waals surface area contributed by atoms with E-state index in [0.717, 1.165) is 5.39 Å². The maximum atomic E-state index is 14.5. The number of nitrogens with one attached hydrogen (secondary N) is 2. The minimum atomic E-state index is -0.524. The van der Waals surface area contributed by atoms with Gasteiger partial charge in [-0.25, -0.2) is 14.1 Å². The molecule has 1 aliphatic rings. The number of aryl methyl sites for hydroxylation is 1. The van der Waals surface area contributed by atoms with E-state index in [1.807, 2.05) is 13.8 Å². The second-order valence-corrected chi connectivity index (χ2v) is 8.74. The third kappa shape index (κ3) is 4.85. The van der Waals surface area contributed by atoms with E-state index in [-0.39, 0.29) is 17.7 Å². The first kappa shape index (κ1) is 23.2. The fraction of sp³-hybridized carbons (Fsp3) is 0.417. The molecule has 1 unspecified atom stereocenters. The molecule has 4 rings (SSSR count). The van der Waals surface area contributed by atoms with Gasteiger partial charge in [0.05, 0.1) is 28.9 Å². The third-order valence-corrected chi connectivity index (χ3v) is 6.39. The summed E-state index contributed by atoms with van der Waals surface area (Å²) in [6.45, 7) is 4.50. The maximum Gasteiger partial charge on any atom is 0.255 e. The van der Waals surface area contributed by atoms with E-state index in [0.29, 0.717) is 66.1 Å². The van der Waals surface area contributed by atoms with E-state index in [9.17, 15) is 14.0 Å². The topological polar surface area (TPSA) is 88.9 Å². The molecule has 7 nitrogen and oxygen atoms in total. The molecule has 1 fully saturated rings. The molecule has 9 heteroatoms. The highest BCUT2D eigenvalue weighted by atomic mass is 35.5. The smallest absolute Gasteiger partial charge is 0.255 e. The first-order valence-corrected chi connectivity index (χ1v) is 11.7. The molecule has 0 spiro atoms. The summed E-state index contributed by atoms with van der Waals surface area (Å²) in [4.78, 5) is 29.5. The van der Waals surface area contributed by atoms with Crippen LogP contribution in [0.4, 0.5) is 10.1 Å². The molecule has 0 radical (unpaired) electrons. The number of amides is 1. The van der Waals surface area contributed by atoms with Gasteiger partial charge in [-0.05, 0) is 38.3 Å². The number of anilines is 1. The number of benzene rings is 1. The summed E-state index contributed by atoms with van der Waals surface area (Å²) < 4.78 is 16.3. The molecule has 1 saturated carbocycles. The fourth-order valence-electron chi connectivity index (χ4n) is 4.29. The van der Waals surface area contributed by atoms with Crippen molar-refractivity contribution in [1.29, 1.82) is 0 Å². The van der Waals surface area contributed by atoms with Crippen molar-refractivity contribution in [1.82, 2.24) is 20.1 Å². The number of fused-ring (bicyclic) bond motifs is 1. The zero-order valence-electron chi connectivity index (χ0n) is 18.7. The molecule has 1 atom stereocenters. The molecule has 0 saturated heterocycles. The SMILES string of the molecule is CCC(NC(=O)c1cnc2c(cnn2CC)c1NC1CCC(=O)CC1)c1ccc(Cl)cc1F. The number of aromatic nitrogens is 3. The monoisotopic (exact) mass is 471 g/mol. The number of carbonyl (C=O) groups is 2. The van der Waals surface area contributed by atoms with E-state index in [4.69, 9.17) is 11.6 Å². The Kier molecular flexibility index (Phi) is 6.93. The first-order valence-electron chi connectivity index (χ1n) is 11.3. The lowest BCUT2D eigenvalue weighted by Crippen LogP contribution is -2.31. The van der Waals surface area contributed by atoms with Crippen molar-refractivity contribution < 1.29 is 14.0 Å². The number of hydrogen-bond acceptors (Lipinski definition) is 5. The van der Waals surface area contributed by atoms with E-state index in [2.05, 4.69) is 20.7 Å². The number of pyridine rings is 1. The molecule has 2 aromatic heterocycles. The van der Waals surface area contributed by atoms with Gasteiger partial charge in [-0.1, -0.05) is 24.6 Å². The Hall–Kier alpha value is -3.00. The predicted octanol–water partition coefficient (Wildman–Crippen LogP) is 5.05. The molecule has 0 aliphatic heterocycles. The van der Waals surface area contributed by atoms with E-state index >= 15 is 0 Å². The van der Waals surface area contributed by atoms with Gasteiger partial charge in [0.1, 0.15) is 11.6 Å². The Morgan fingerprint density at radius 1 is 1.27 bits per heavy atom.